The maximum absolute atomic E-state index is 5.49. The van der Waals surface area contributed by atoms with E-state index < -0.39 is 0 Å². The number of ether oxygens (including phenoxy) is 2. The number of aromatic nitrogens is 1. The highest BCUT2D eigenvalue weighted by Crippen LogP contribution is 2.34. The Labute approximate surface area is 117 Å². The van der Waals surface area contributed by atoms with Crippen molar-refractivity contribution in [3.8, 4) is 22.8 Å². The van der Waals surface area contributed by atoms with Crippen LogP contribution in [0.4, 0.5) is 0 Å². The zero-order chi connectivity index (χ0) is 13.9. The number of nitrogens with zero attached hydrogens (tertiary/aromatic N) is 1. The van der Waals surface area contributed by atoms with Crippen molar-refractivity contribution in [3.05, 3.63) is 54.6 Å². The molecule has 0 unspecified atom stereocenters. The summed E-state index contributed by atoms with van der Waals surface area (Å²) in [5.41, 5.74) is 2.74. The molecule has 0 bridgehead atoms. The summed E-state index contributed by atoms with van der Waals surface area (Å²) in [5, 5.41) is 0.950. The van der Waals surface area contributed by atoms with E-state index in [0.29, 0.717) is 0 Å². The predicted octanol–water partition coefficient (Wildman–Crippen LogP) is 3.92. The van der Waals surface area contributed by atoms with Crippen LogP contribution in [0.15, 0.2) is 54.6 Å². The van der Waals surface area contributed by atoms with Crippen molar-refractivity contribution < 1.29 is 9.47 Å². The minimum absolute atomic E-state index is 0.749. The topological polar surface area (TPSA) is 31.4 Å². The summed E-state index contributed by atoms with van der Waals surface area (Å²) in [5.74, 6) is 1.55. The Balaban J connectivity index is 2.30. The number of fused-ring (bicyclic) bond motifs is 1. The first-order chi connectivity index (χ1) is 9.83. The number of rotatable bonds is 3. The fraction of sp³-hybridized carbons (Fsp3) is 0.118. The molecule has 0 aliphatic rings. The monoisotopic (exact) mass is 265 g/mol. The van der Waals surface area contributed by atoms with E-state index in [2.05, 4.69) is 0 Å². The summed E-state index contributed by atoms with van der Waals surface area (Å²) in [7, 11) is 3.32. The lowest BCUT2D eigenvalue weighted by Crippen LogP contribution is -1.93. The molecule has 2 aromatic carbocycles. The van der Waals surface area contributed by atoms with Crippen molar-refractivity contribution in [2.24, 2.45) is 0 Å². The molecule has 100 valence electrons. The molecule has 0 aliphatic carbocycles. The predicted molar refractivity (Wildman–Crippen MR) is 80.3 cm³/mol. The van der Waals surface area contributed by atoms with Gasteiger partial charge in [0.05, 0.1) is 19.9 Å². The average Bonchev–Trinajstić information content (AvgIpc) is 2.54. The highest BCUT2D eigenvalue weighted by atomic mass is 16.5. The normalized spacial score (nSPS) is 10.5. The Bertz CT molecular complexity index is 739. The van der Waals surface area contributed by atoms with Crippen molar-refractivity contribution in [3.63, 3.8) is 0 Å². The van der Waals surface area contributed by atoms with E-state index in [4.69, 9.17) is 14.5 Å². The lowest BCUT2D eigenvalue weighted by atomic mass is 10.1. The molecule has 20 heavy (non-hydrogen) atoms. The second kappa shape index (κ2) is 5.21. The minimum atomic E-state index is 0.749. The van der Waals surface area contributed by atoms with Gasteiger partial charge in [-0.05, 0) is 12.1 Å². The largest absolute Gasteiger partial charge is 0.496 e. The van der Waals surface area contributed by atoms with Gasteiger partial charge in [0.1, 0.15) is 17.0 Å². The van der Waals surface area contributed by atoms with Crippen LogP contribution in [0.1, 0.15) is 0 Å². The van der Waals surface area contributed by atoms with Crippen LogP contribution in [0.3, 0.4) is 0 Å². The van der Waals surface area contributed by atoms with Crippen LogP contribution < -0.4 is 9.47 Å². The first kappa shape index (κ1) is 12.5. The maximum Gasteiger partial charge on any atom is 0.145 e. The molecule has 1 heterocycles. The van der Waals surface area contributed by atoms with Gasteiger partial charge >= 0.3 is 0 Å². The molecule has 0 radical (unpaired) electrons. The molecule has 3 aromatic rings. The summed E-state index contributed by atoms with van der Waals surface area (Å²) in [6.45, 7) is 0. The third kappa shape index (κ3) is 2.07. The molecule has 0 saturated carbocycles. The van der Waals surface area contributed by atoms with Gasteiger partial charge in [-0.25, -0.2) is 4.98 Å². The molecule has 0 N–H and O–H groups in total. The summed E-state index contributed by atoms with van der Waals surface area (Å²) in [6, 6.07) is 17.8. The minimum Gasteiger partial charge on any atom is -0.496 e. The van der Waals surface area contributed by atoms with Gasteiger partial charge in [0, 0.05) is 17.0 Å². The highest BCUT2D eigenvalue weighted by Gasteiger charge is 2.11. The summed E-state index contributed by atoms with van der Waals surface area (Å²) in [6.07, 6.45) is 0. The molecule has 0 spiro atoms. The Hall–Kier alpha value is -2.55. The second-order valence-electron chi connectivity index (χ2n) is 4.43. The van der Waals surface area contributed by atoms with E-state index in [9.17, 15) is 0 Å². The maximum atomic E-state index is 5.49. The van der Waals surface area contributed by atoms with Crippen LogP contribution >= 0.6 is 0 Å². The van der Waals surface area contributed by atoms with E-state index in [1.807, 2.05) is 54.6 Å². The summed E-state index contributed by atoms with van der Waals surface area (Å²) >= 11 is 0. The quantitative estimate of drug-likeness (QED) is 0.719. The van der Waals surface area contributed by atoms with Crippen molar-refractivity contribution in [1.29, 1.82) is 0 Å². The van der Waals surface area contributed by atoms with E-state index in [-0.39, 0.29) is 0 Å². The molecular weight excluding hydrogens is 250 g/mol. The number of pyridine rings is 1. The third-order valence-electron chi connectivity index (χ3n) is 3.27. The third-order valence-corrected chi connectivity index (χ3v) is 3.27. The number of benzene rings is 2. The summed E-state index contributed by atoms with van der Waals surface area (Å²) < 4.78 is 10.9. The standard InChI is InChI=1S/C17H15NO2/c1-19-15-10-6-9-13-16(20-2)11-14(18-17(13)15)12-7-4-3-5-8-12/h3-11H,1-2H3. The Morgan fingerprint density at radius 1 is 0.800 bits per heavy atom. The molecular formula is C17H15NO2. The van der Waals surface area contributed by atoms with Crippen molar-refractivity contribution in [2.45, 2.75) is 0 Å². The lowest BCUT2D eigenvalue weighted by Gasteiger charge is -2.11. The Morgan fingerprint density at radius 3 is 2.25 bits per heavy atom. The SMILES string of the molecule is COc1cc(-c2ccccc2)nc2c(OC)cccc12. The number of para-hydroxylation sites is 1. The van der Waals surface area contributed by atoms with Crippen LogP contribution in [0.5, 0.6) is 11.5 Å². The highest BCUT2D eigenvalue weighted by molar-refractivity contribution is 5.92. The first-order valence-electron chi connectivity index (χ1n) is 6.40. The van der Waals surface area contributed by atoms with E-state index >= 15 is 0 Å². The van der Waals surface area contributed by atoms with Crippen molar-refractivity contribution in [2.75, 3.05) is 14.2 Å². The molecule has 3 rings (SSSR count). The molecule has 1 aromatic heterocycles. The van der Waals surface area contributed by atoms with Gasteiger partial charge in [-0.3, -0.25) is 0 Å². The van der Waals surface area contributed by atoms with Gasteiger partial charge in [-0.2, -0.15) is 0 Å². The van der Waals surface area contributed by atoms with Gasteiger partial charge in [-0.15, -0.1) is 0 Å². The zero-order valence-electron chi connectivity index (χ0n) is 11.5. The van der Waals surface area contributed by atoms with Crippen molar-refractivity contribution in [1.82, 2.24) is 4.98 Å². The van der Waals surface area contributed by atoms with Crippen LogP contribution in [0.25, 0.3) is 22.2 Å². The molecule has 3 heteroatoms. The second-order valence-corrected chi connectivity index (χ2v) is 4.43. The number of methoxy groups -OCH3 is 2. The summed E-state index contributed by atoms with van der Waals surface area (Å²) in [4.78, 5) is 4.72. The van der Waals surface area contributed by atoms with Gasteiger partial charge in [0.2, 0.25) is 0 Å². The van der Waals surface area contributed by atoms with Gasteiger partial charge < -0.3 is 9.47 Å². The average molecular weight is 265 g/mol. The molecule has 0 atom stereocenters. The fourth-order valence-electron chi connectivity index (χ4n) is 2.28. The Kier molecular flexibility index (Phi) is 3.25. The molecule has 3 nitrogen and oxygen atoms in total. The first-order valence-corrected chi connectivity index (χ1v) is 6.40. The van der Waals surface area contributed by atoms with Crippen LogP contribution in [0.2, 0.25) is 0 Å². The fourth-order valence-corrected chi connectivity index (χ4v) is 2.28. The van der Waals surface area contributed by atoms with Crippen LogP contribution in [0, 0.1) is 0 Å². The number of hydrogen-bond acceptors (Lipinski definition) is 3. The van der Waals surface area contributed by atoms with Gasteiger partial charge in [0.25, 0.3) is 0 Å². The zero-order valence-corrected chi connectivity index (χ0v) is 11.5. The smallest absolute Gasteiger partial charge is 0.145 e. The molecule has 0 amide bonds. The van der Waals surface area contributed by atoms with Crippen LogP contribution in [-0.2, 0) is 0 Å². The lowest BCUT2D eigenvalue weighted by molar-refractivity contribution is 0.414. The van der Waals surface area contributed by atoms with Crippen molar-refractivity contribution >= 4 is 10.9 Å². The molecule has 0 aliphatic heterocycles. The van der Waals surface area contributed by atoms with E-state index in [0.717, 1.165) is 33.7 Å². The van der Waals surface area contributed by atoms with Crippen LogP contribution in [-0.4, -0.2) is 19.2 Å². The van der Waals surface area contributed by atoms with E-state index in [1.165, 1.54) is 0 Å². The molecule has 0 saturated heterocycles. The number of hydrogen-bond donors (Lipinski definition) is 0. The molecule has 0 fully saturated rings. The van der Waals surface area contributed by atoms with Gasteiger partial charge in [0.15, 0.2) is 0 Å². The van der Waals surface area contributed by atoms with E-state index in [1.54, 1.807) is 14.2 Å². The Morgan fingerprint density at radius 2 is 1.55 bits per heavy atom. The van der Waals surface area contributed by atoms with Gasteiger partial charge in [-0.1, -0.05) is 36.4 Å².